The van der Waals surface area contributed by atoms with Crippen molar-refractivity contribution in [2.45, 2.75) is 12.8 Å². The third-order valence-electron chi connectivity index (χ3n) is 3.50. The fourth-order valence-corrected chi connectivity index (χ4v) is 2.42. The third-order valence-corrected chi connectivity index (χ3v) is 3.50. The molecule has 1 aliphatic rings. The van der Waals surface area contributed by atoms with Gasteiger partial charge in [0.25, 0.3) is 0 Å². The van der Waals surface area contributed by atoms with Crippen LogP contribution in [0.5, 0.6) is 5.75 Å². The number of hydrogen-bond donors (Lipinski definition) is 2. The number of amides is 2. The van der Waals surface area contributed by atoms with Crippen LogP contribution in [0.1, 0.15) is 12.8 Å². The molecule has 1 fully saturated rings. The van der Waals surface area contributed by atoms with Gasteiger partial charge in [-0.1, -0.05) is 6.07 Å². The molecule has 1 aromatic carbocycles. The number of urea groups is 1. The third kappa shape index (κ3) is 4.60. The van der Waals surface area contributed by atoms with E-state index in [4.69, 9.17) is 4.74 Å². The van der Waals surface area contributed by atoms with E-state index >= 15 is 0 Å². The summed E-state index contributed by atoms with van der Waals surface area (Å²) < 4.78 is 17.3. The highest BCUT2D eigenvalue weighted by Crippen LogP contribution is 2.20. The lowest BCUT2D eigenvalue weighted by Crippen LogP contribution is -2.43. The van der Waals surface area contributed by atoms with Crippen LogP contribution >= 0.6 is 0 Å². The highest BCUT2D eigenvalue weighted by atomic mass is 19.1. The Morgan fingerprint density at radius 3 is 3.14 bits per heavy atom. The van der Waals surface area contributed by atoms with Crippen molar-refractivity contribution in [3.63, 3.8) is 0 Å². The Morgan fingerprint density at radius 2 is 2.38 bits per heavy atom. The second kappa shape index (κ2) is 7.83. The van der Waals surface area contributed by atoms with Gasteiger partial charge in [-0.25, -0.2) is 9.18 Å². The van der Waals surface area contributed by atoms with E-state index in [-0.39, 0.29) is 25.2 Å². The van der Waals surface area contributed by atoms with E-state index in [9.17, 15) is 14.3 Å². The number of nitrogens with zero attached hydrogens (tertiary/aromatic N) is 1. The van der Waals surface area contributed by atoms with E-state index in [1.54, 1.807) is 29.2 Å². The number of carbonyl (C=O) groups is 1. The maximum Gasteiger partial charge on any atom is 0.321 e. The molecule has 0 bridgehead atoms. The van der Waals surface area contributed by atoms with E-state index in [0.717, 1.165) is 12.8 Å². The van der Waals surface area contributed by atoms with E-state index in [1.807, 2.05) is 0 Å². The summed E-state index contributed by atoms with van der Waals surface area (Å²) in [5, 5.41) is 12.0. The van der Waals surface area contributed by atoms with Gasteiger partial charge in [0.15, 0.2) is 0 Å². The summed E-state index contributed by atoms with van der Waals surface area (Å²) in [6, 6.07) is 6.70. The van der Waals surface area contributed by atoms with Crippen LogP contribution in [0.4, 0.5) is 14.9 Å². The van der Waals surface area contributed by atoms with Crippen molar-refractivity contribution in [1.82, 2.24) is 4.90 Å². The predicted octanol–water partition coefficient (Wildman–Crippen LogP) is 2.27. The smallest absolute Gasteiger partial charge is 0.321 e. The molecule has 1 saturated heterocycles. The molecular formula is C15H21FN2O3. The Kier molecular flexibility index (Phi) is 5.80. The van der Waals surface area contributed by atoms with Crippen molar-refractivity contribution in [3.05, 3.63) is 24.3 Å². The maximum atomic E-state index is 12.2. The van der Waals surface area contributed by atoms with Crippen LogP contribution in [-0.4, -0.2) is 49.0 Å². The van der Waals surface area contributed by atoms with E-state index < -0.39 is 6.67 Å². The monoisotopic (exact) mass is 296 g/mol. The topological polar surface area (TPSA) is 61.8 Å². The van der Waals surface area contributed by atoms with Gasteiger partial charge >= 0.3 is 6.03 Å². The first-order valence-electron chi connectivity index (χ1n) is 7.18. The highest BCUT2D eigenvalue weighted by Gasteiger charge is 2.23. The summed E-state index contributed by atoms with van der Waals surface area (Å²) in [5.74, 6) is 0.682. The summed E-state index contributed by atoms with van der Waals surface area (Å²) in [6.07, 6.45) is 1.85. The van der Waals surface area contributed by atoms with Gasteiger partial charge in [-0.2, -0.15) is 0 Å². The largest absolute Gasteiger partial charge is 0.491 e. The molecule has 2 amide bonds. The Balaban J connectivity index is 1.92. The molecule has 116 valence electrons. The number of aliphatic hydroxyl groups is 1. The molecule has 2 N–H and O–H groups in total. The Bertz CT molecular complexity index is 470. The molecule has 1 atom stereocenters. The first kappa shape index (κ1) is 15.6. The molecule has 1 unspecified atom stereocenters. The van der Waals surface area contributed by atoms with Crippen LogP contribution in [0, 0.1) is 5.92 Å². The van der Waals surface area contributed by atoms with Crippen molar-refractivity contribution in [1.29, 1.82) is 0 Å². The second-order valence-corrected chi connectivity index (χ2v) is 5.13. The van der Waals surface area contributed by atoms with Crippen LogP contribution < -0.4 is 10.1 Å². The standard InChI is InChI=1S/C15H21FN2O3/c16-6-8-21-14-5-1-4-13(9-14)17-15(20)18-7-2-3-12(10-18)11-19/h1,4-5,9,12,19H,2-3,6-8,10-11H2,(H,17,20). The number of alkyl halides is 1. The lowest BCUT2D eigenvalue weighted by atomic mass is 9.99. The Labute approximate surface area is 123 Å². The van der Waals surface area contributed by atoms with Gasteiger partial charge in [-0.3, -0.25) is 0 Å². The van der Waals surface area contributed by atoms with Crippen molar-refractivity contribution in [2.75, 3.05) is 38.3 Å². The average Bonchev–Trinajstić information content (AvgIpc) is 2.53. The Morgan fingerprint density at radius 1 is 1.52 bits per heavy atom. The van der Waals surface area contributed by atoms with Crippen LogP contribution in [0.25, 0.3) is 0 Å². The minimum atomic E-state index is -0.549. The molecule has 0 saturated carbocycles. The zero-order valence-corrected chi connectivity index (χ0v) is 11.9. The molecule has 6 heteroatoms. The number of ether oxygens (including phenoxy) is 1. The molecule has 1 aromatic rings. The zero-order valence-electron chi connectivity index (χ0n) is 11.9. The fourth-order valence-electron chi connectivity index (χ4n) is 2.42. The number of anilines is 1. The number of benzene rings is 1. The van der Waals surface area contributed by atoms with Crippen molar-refractivity contribution in [3.8, 4) is 5.75 Å². The predicted molar refractivity (Wildman–Crippen MR) is 78.3 cm³/mol. The number of halogens is 1. The SMILES string of the molecule is O=C(Nc1cccc(OCCF)c1)N1CCCC(CO)C1. The number of aliphatic hydroxyl groups excluding tert-OH is 1. The summed E-state index contributed by atoms with van der Waals surface area (Å²) in [7, 11) is 0. The fraction of sp³-hybridized carbons (Fsp3) is 0.533. The summed E-state index contributed by atoms with van der Waals surface area (Å²) in [4.78, 5) is 13.9. The normalized spacial score (nSPS) is 18.4. The lowest BCUT2D eigenvalue weighted by Gasteiger charge is -2.31. The number of likely N-dealkylation sites (tertiary alicyclic amines) is 1. The summed E-state index contributed by atoms with van der Waals surface area (Å²) in [5.41, 5.74) is 0.613. The second-order valence-electron chi connectivity index (χ2n) is 5.13. The minimum absolute atomic E-state index is 0.00169. The molecule has 0 aliphatic carbocycles. The van der Waals surface area contributed by atoms with Crippen LogP contribution in [0.2, 0.25) is 0 Å². The van der Waals surface area contributed by atoms with Crippen LogP contribution in [0.15, 0.2) is 24.3 Å². The van der Waals surface area contributed by atoms with E-state index in [0.29, 0.717) is 24.5 Å². The maximum absolute atomic E-state index is 12.2. The first-order valence-corrected chi connectivity index (χ1v) is 7.18. The Hall–Kier alpha value is -1.82. The van der Waals surface area contributed by atoms with Gasteiger partial charge in [0.2, 0.25) is 0 Å². The number of carbonyl (C=O) groups excluding carboxylic acids is 1. The quantitative estimate of drug-likeness (QED) is 0.876. The minimum Gasteiger partial charge on any atom is -0.491 e. The first-order chi connectivity index (χ1) is 10.2. The van der Waals surface area contributed by atoms with Gasteiger partial charge in [-0.05, 0) is 30.9 Å². The molecule has 5 nitrogen and oxygen atoms in total. The molecular weight excluding hydrogens is 275 g/mol. The van der Waals surface area contributed by atoms with Gasteiger partial charge in [0.05, 0.1) is 0 Å². The van der Waals surface area contributed by atoms with E-state index in [1.165, 1.54) is 0 Å². The molecule has 0 radical (unpaired) electrons. The van der Waals surface area contributed by atoms with Crippen molar-refractivity contribution < 1.29 is 19.0 Å². The van der Waals surface area contributed by atoms with Gasteiger partial charge in [0.1, 0.15) is 19.0 Å². The van der Waals surface area contributed by atoms with Gasteiger partial charge < -0.3 is 20.1 Å². The molecule has 2 rings (SSSR count). The van der Waals surface area contributed by atoms with Gasteiger partial charge in [0, 0.05) is 31.5 Å². The van der Waals surface area contributed by atoms with Crippen LogP contribution in [-0.2, 0) is 0 Å². The number of rotatable bonds is 5. The molecule has 0 spiro atoms. The number of hydrogen-bond acceptors (Lipinski definition) is 3. The van der Waals surface area contributed by atoms with Crippen molar-refractivity contribution in [2.24, 2.45) is 5.92 Å². The summed E-state index contributed by atoms with van der Waals surface area (Å²) >= 11 is 0. The van der Waals surface area contributed by atoms with E-state index in [2.05, 4.69) is 5.32 Å². The number of piperidine rings is 1. The van der Waals surface area contributed by atoms with Gasteiger partial charge in [-0.15, -0.1) is 0 Å². The molecule has 1 aliphatic heterocycles. The molecule has 1 heterocycles. The number of nitrogens with one attached hydrogen (secondary N) is 1. The van der Waals surface area contributed by atoms with Crippen LogP contribution in [0.3, 0.4) is 0 Å². The highest BCUT2D eigenvalue weighted by molar-refractivity contribution is 5.89. The van der Waals surface area contributed by atoms with Crippen molar-refractivity contribution >= 4 is 11.7 Å². The average molecular weight is 296 g/mol. The molecule has 0 aromatic heterocycles. The lowest BCUT2D eigenvalue weighted by molar-refractivity contribution is 0.136. The zero-order chi connectivity index (χ0) is 15.1. The molecule has 21 heavy (non-hydrogen) atoms. The summed E-state index contributed by atoms with van der Waals surface area (Å²) in [6.45, 7) is 0.825.